The van der Waals surface area contributed by atoms with Crippen LogP contribution >= 0.6 is 0 Å². The molecule has 2 atom stereocenters. The van der Waals surface area contributed by atoms with Crippen LogP contribution in [0, 0.1) is 0 Å². The van der Waals surface area contributed by atoms with Crippen LogP contribution in [0.4, 0.5) is 4.79 Å². The highest BCUT2D eigenvalue weighted by Gasteiger charge is 2.49. The van der Waals surface area contributed by atoms with Gasteiger partial charge in [0, 0.05) is 12.0 Å². The number of urea groups is 1. The van der Waals surface area contributed by atoms with Gasteiger partial charge in [0.25, 0.3) is 0 Å². The fourth-order valence-corrected chi connectivity index (χ4v) is 3.67. The molecule has 2 aliphatic heterocycles. The lowest BCUT2D eigenvalue weighted by Gasteiger charge is -2.50. The Hall–Kier alpha value is -3.02. The van der Waals surface area contributed by atoms with Crippen molar-refractivity contribution < 1.29 is 19.1 Å². The van der Waals surface area contributed by atoms with Gasteiger partial charge >= 0.3 is 12.0 Å². The lowest BCUT2D eigenvalue weighted by Crippen LogP contribution is -2.64. The Balaban J connectivity index is 1.67. The smallest absolute Gasteiger partial charge is 0.337 e. The number of rotatable bonds is 3. The zero-order valence-corrected chi connectivity index (χ0v) is 14.7. The molecule has 0 aliphatic carbocycles. The first-order valence-electron chi connectivity index (χ1n) is 8.53. The molecule has 0 saturated carbocycles. The van der Waals surface area contributed by atoms with Gasteiger partial charge in [-0.1, -0.05) is 30.3 Å². The van der Waals surface area contributed by atoms with Crippen molar-refractivity contribution >= 4 is 12.0 Å². The average molecular weight is 352 g/mol. The summed E-state index contributed by atoms with van der Waals surface area (Å²) < 4.78 is 11.0. The second-order valence-corrected chi connectivity index (χ2v) is 6.80. The van der Waals surface area contributed by atoms with Gasteiger partial charge < -0.3 is 14.8 Å². The minimum Gasteiger partial charge on any atom is -0.468 e. The average Bonchev–Trinajstić information content (AvgIpc) is 2.65. The fraction of sp³-hybridized carbons (Fsp3) is 0.300. The van der Waals surface area contributed by atoms with Crippen molar-refractivity contribution in [3.8, 4) is 5.75 Å². The van der Waals surface area contributed by atoms with E-state index in [-0.39, 0.29) is 12.1 Å². The zero-order chi connectivity index (χ0) is 18.3. The summed E-state index contributed by atoms with van der Waals surface area (Å²) in [5.74, 6) is 0.267. The molecule has 0 aromatic heterocycles. The SMILES string of the molecule is COC(=O)c1ccc2c(c1)C1CC(C)(O2)N(Cc2ccccc2)C(=O)N1. The number of ether oxygens (including phenoxy) is 2. The van der Waals surface area contributed by atoms with E-state index < -0.39 is 11.7 Å². The van der Waals surface area contributed by atoms with Crippen LogP contribution in [0.25, 0.3) is 0 Å². The monoisotopic (exact) mass is 352 g/mol. The molecular weight excluding hydrogens is 332 g/mol. The van der Waals surface area contributed by atoms with Gasteiger partial charge in [0.05, 0.1) is 25.3 Å². The van der Waals surface area contributed by atoms with Gasteiger partial charge in [0.1, 0.15) is 5.75 Å². The second-order valence-electron chi connectivity index (χ2n) is 6.80. The number of hydrogen-bond acceptors (Lipinski definition) is 4. The van der Waals surface area contributed by atoms with E-state index in [4.69, 9.17) is 9.47 Å². The molecule has 0 radical (unpaired) electrons. The first-order valence-corrected chi connectivity index (χ1v) is 8.53. The summed E-state index contributed by atoms with van der Waals surface area (Å²) in [6.45, 7) is 2.39. The van der Waals surface area contributed by atoms with Crippen molar-refractivity contribution in [3.05, 3.63) is 65.2 Å². The number of carbonyl (C=O) groups is 2. The van der Waals surface area contributed by atoms with Gasteiger partial charge in [-0.15, -0.1) is 0 Å². The molecule has 2 bridgehead atoms. The summed E-state index contributed by atoms with van der Waals surface area (Å²) in [7, 11) is 1.35. The third kappa shape index (κ3) is 2.67. The zero-order valence-electron chi connectivity index (χ0n) is 14.7. The summed E-state index contributed by atoms with van der Waals surface area (Å²) in [5, 5.41) is 3.04. The van der Waals surface area contributed by atoms with Crippen molar-refractivity contribution in [3.63, 3.8) is 0 Å². The molecule has 6 heteroatoms. The molecule has 26 heavy (non-hydrogen) atoms. The Kier molecular flexibility index (Phi) is 3.83. The summed E-state index contributed by atoms with van der Waals surface area (Å²) >= 11 is 0. The van der Waals surface area contributed by atoms with Gasteiger partial charge in [-0.3, -0.25) is 4.90 Å². The van der Waals surface area contributed by atoms with E-state index in [1.54, 1.807) is 23.1 Å². The van der Waals surface area contributed by atoms with Crippen LogP contribution in [0.1, 0.15) is 40.9 Å². The number of fused-ring (bicyclic) bond motifs is 4. The Labute approximate surface area is 151 Å². The summed E-state index contributed by atoms with van der Waals surface area (Å²) in [6.07, 6.45) is 0.600. The predicted molar refractivity (Wildman–Crippen MR) is 94.7 cm³/mol. The highest BCUT2D eigenvalue weighted by Crippen LogP contribution is 2.44. The van der Waals surface area contributed by atoms with Gasteiger partial charge in [-0.25, -0.2) is 9.59 Å². The van der Waals surface area contributed by atoms with E-state index in [0.717, 1.165) is 11.1 Å². The number of nitrogens with one attached hydrogen (secondary N) is 1. The van der Waals surface area contributed by atoms with E-state index in [2.05, 4.69) is 5.32 Å². The summed E-state index contributed by atoms with van der Waals surface area (Å²) in [4.78, 5) is 26.3. The summed E-state index contributed by atoms with van der Waals surface area (Å²) in [6, 6.07) is 14.6. The van der Waals surface area contributed by atoms with Gasteiger partial charge in [0.2, 0.25) is 0 Å². The lowest BCUT2D eigenvalue weighted by molar-refractivity contribution is -0.0879. The van der Waals surface area contributed by atoms with Gasteiger partial charge in [-0.2, -0.15) is 0 Å². The molecule has 0 spiro atoms. The molecule has 6 nitrogen and oxygen atoms in total. The molecule has 1 saturated heterocycles. The van der Waals surface area contributed by atoms with Crippen molar-refractivity contribution in [1.29, 1.82) is 0 Å². The van der Waals surface area contributed by atoms with Gasteiger partial charge in [0.15, 0.2) is 5.72 Å². The van der Waals surface area contributed by atoms with E-state index in [0.29, 0.717) is 24.3 Å². The number of amides is 2. The van der Waals surface area contributed by atoms with Crippen LogP contribution in [0.3, 0.4) is 0 Å². The molecule has 1 N–H and O–H groups in total. The van der Waals surface area contributed by atoms with Gasteiger partial charge in [-0.05, 0) is 30.7 Å². The topological polar surface area (TPSA) is 67.9 Å². The van der Waals surface area contributed by atoms with Crippen LogP contribution in [0.5, 0.6) is 5.75 Å². The number of carbonyl (C=O) groups excluding carboxylic acids is 2. The van der Waals surface area contributed by atoms with E-state index in [1.165, 1.54) is 7.11 Å². The highest BCUT2D eigenvalue weighted by molar-refractivity contribution is 5.90. The van der Waals surface area contributed by atoms with Crippen molar-refractivity contribution in [1.82, 2.24) is 10.2 Å². The molecule has 1 fully saturated rings. The molecule has 2 aromatic carbocycles. The Bertz CT molecular complexity index is 867. The van der Waals surface area contributed by atoms with Crippen LogP contribution in [-0.2, 0) is 11.3 Å². The third-order valence-electron chi connectivity index (χ3n) is 5.02. The maximum atomic E-state index is 12.7. The number of hydrogen-bond donors (Lipinski definition) is 1. The van der Waals surface area contributed by atoms with Crippen LogP contribution in [0.15, 0.2) is 48.5 Å². The number of nitrogens with zero attached hydrogens (tertiary/aromatic N) is 1. The number of esters is 1. The molecule has 2 unspecified atom stereocenters. The molecule has 2 aliphatic rings. The number of benzene rings is 2. The molecule has 2 amide bonds. The standard InChI is InChI=1S/C20H20N2O4/c1-20-11-16(15-10-14(18(23)25-2)8-9-17(15)26-20)21-19(24)22(20)12-13-6-4-3-5-7-13/h3-10,16H,11-12H2,1-2H3,(H,21,24). The molecule has 2 aromatic rings. The Morgan fingerprint density at radius 3 is 2.81 bits per heavy atom. The molecule has 4 rings (SSSR count). The van der Waals surface area contributed by atoms with Crippen LogP contribution in [0.2, 0.25) is 0 Å². The van der Waals surface area contributed by atoms with Crippen molar-refractivity contribution in [2.75, 3.05) is 7.11 Å². The maximum Gasteiger partial charge on any atom is 0.337 e. The normalized spacial score (nSPS) is 23.5. The van der Waals surface area contributed by atoms with Crippen molar-refractivity contribution in [2.24, 2.45) is 0 Å². The van der Waals surface area contributed by atoms with Crippen LogP contribution < -0.4 is 10.1 Å². The maximum absolute atomic E-state index is 12.7. The minimum atomic E-state index is -0.747. The van der Waals surface area contributed by atoms with Crippen molar-refractivity contribution in [2.45, 2.75) is 31.7 Å². The molecular formula is C20H20N2O4. The van der Waals surface area contributed by atoms with E-state index in [9.17, 15) is 9.59 Å². The van der Waals surface area contributed by atoms with Crippen LogP contribution in [-0.4, -0.2) is 29.7 Å². The van der Waals surface area contributed by atoms with E-state index in [1.807, 2.05) is 37.3 Å². The molecule has 2 heterocycles. The third-order valence-corrected chi connectivity index (χ3v) is 5.02. The fourth-order valence-electron chi connectivity index (χ4n) is 3.67. The second kappa shape index (κ2) is 6.05. The Morgan fingerprint density at radius 2 is 2.08 bits per heavy atom. The minimum absolute atomic E-state index is 0.179. The largest absolute Gasteiger partial charge is 0.468 e. The quantitative estimate of drug-likeness (QED) is 0.861. The Morgan fingerprint density at radius 1 is 1.31 bits per heavy atom. The first-order chi connectivity index (χ1) is 12.5. The number of methoxy groups -OCH3 is 1. The molecule has 134 valence electrons. The predicted octanol–water partition coefficient (Wildman–Crippen LogP) is 3.24. The van der Waals surface area contributed by atoms with E-state index >= 15 is 0 Å². The lowest BCUT2D eigenvalue weighted by atomic mass is 9.89. The highest BCUT2D eigenvalue weighted by atomic mass is 16.5. The first kappa shape index (κ1) is 16.4. The summed E-state index contributed by atoms with van der Waals surface area (Å²) in [5.41, 5.74) is 1.54.